The van der Waals surface area contributed by atoms with E-state index in [-0.39, 0.29) is 23.8 Å². The molecule has 31 heavy (non-hydrogen) atoms. The predicted molar refractivity (Wildman–Crippen MR) is 111 cm³/mol. The fourth-order valence-corrected chi connectivity index (χ4v) is 3.96. The van der Waals surface area contributed by atoms with E-state index in [0.717, 1.165) is 11.3 Å². The maximum atomic E-state index is 13.1. The van der Waals surface area contributed by atoms with Gasteiger partial charge < -0.3 is 24.8 Å². The largest absolute Gasteiger partial charge is 0.467 e. The zero-order chi connectivity index (χ0) is 21.8. The van der Waals surface area contributed by atoms with E-state index < -0.39 is 18.0 Å². The molecule has 3 N–H and O–H groups in total. The molecule has 4 rings (SSSR count). The van der Waals surface area contributed by atoms with Crippen molar-refractivity contribution in [3.05, 3.63) is 71.7 Å². The van der Waals surface area contributed by atoms with E-state index in [1.165, 1.54) is 30.2 Å². The highest BCUT2D eigenvalue weighted by atomic mass is 32.2. The van der Waals surface area contributed by atoms with Gasteiger partial charge in [-0.1, -0.05) is 11.8 Å². The molecule has 0 saturated carbocycles. The van der Waals surface area contributed by atoms with Crippen LogP contribution in [0.1, 0.15) is 18.7 Å². The molecule has 0 saturated heterocycles. The number of urea groups is 1. The number of hydrogen-bond donors (Lipinski definition) is 3. The molecular weight excluding hydrogens is 423 g/mol. The number of carbonyl (C=O) groups is 2. The first-order valence-electron chi connectivity index (χ1n) is 9.50. The van der Waals surface area contributed by atoms with Gasteiger partial charge in [-0.3, -0.25) is 0 Å². The van der Waals surface area contributed by atoms with E-state index in [9.17, 15) is 14.0 Å². The second kappa shape index (κ2) is 9.09. The number of hydrogen-bond acceptors (Lipinski definition) is 6. The van der Waals surface area contributed by atoms with Gasteiger partial charge in [-0.2, -0.15) is 0 Å². The summed E-state index contributed by atoms with van der Waals surface area (Å²) >= 11 is 1.31. The van der Waals surface area contributed by atoms with Crippen molar-refractivity contribution in [2.24, 2.45) is 0 Å². The molecule has 0 aliphatic carbocycles. The Kier molecular flexibility index (Phi) is 6.08. The summed E-state index contributed by atoms with van der Waals surface area (Å²) in [4.78, 5) is 32.4. The molecule has 1 aliphatic rings. The van der Waals surface area contributed by atoms with Crippen molar-refractivity contribution in [2.75, 3.05) is 12.4 Å². The fraction of sp³-hybridized carbons (Fsp3) is 0.190. The summed E-state index contributed by atoms with van der Waals surface area (Å²) in [5.74, 6) is -0.172. The molecule has 0 bridgehead atoms. The van der Waals surface area contributed by atoms with Crippen molar-refractivity contribution in [1.82, 2.24) is 20.6 Å². The smallest absolute Gasteiger partial charge is 0.338 e. The number of aromatic nitrogens is 2. The van der Waals surface area contributed by atoms with E-state index in [1.54, 1.807) is 37.4 Å². The van der Waals surface area contributed by atoms with Gasteiger partial charge >= 0.3 is 12.0 Å². The summed E-state index contributed by atoms with van der Waals surface area (Å²) in [6.07, 6.45) is 3.11. The van der Waals surface area contributed by atoms with Crippen LogP contribution in [0.2, 0.25) is 0 Å². The van der Waals surface area contributed by atoms with E-state index in [0.29, 0.717) is 16.6 Å². The number of ether oxygens (including phenoxy) is 1. The van der Waals surface area contributed by atoms with Gasteiger partial charge in [0.1, 0.15) is 17.6 Å². The number of rotatable bonds is 7. The second-order valence-corrected chi connectivity index (χ2v) is 7.52. The highest BCUT2D eigenvalue weighted by Gasteiger charge is 2.35. The first kappa shape index (κ1) is 20.7. The Labute approximate surface area is 181 Å². The maximum absolute atomic E-state index is 13.1. The number of benzene rings is 1. The molecule has 1 aromatic carbocycles. The van der Waals surface area contributed by atoms with Crippen LogP contribution in [0.4, 0.5) is 9.18 Å². The van der Waals surface area contributed by atoms with Gasteiger partial charge in [0.25, 0.3) is 0 Å². The van der Waals surface area contributed by atoms with Gasteiger partial charge in [0.15, 0.2) is 5.16 Å². The van der Waals surface area contributed by atoms with Crippen LogP contribution in [-0.4, -0.2) is 34.3 Å². The molecule has 0 fully saturated rings. The van der Waals surface area contributed by atoms with Crippen molar-refractivity contribution in [3.8, 4) is 11.3 Å². The predicted octanol–water partition coefficient (Wildman–Crippen LogP) is 3.77. The van der Waals surface area contributed by atoms with E-state index in [2.05, 4.69) is 20.6 Å². The Morgan fingerprint density at radius 3 is 2.81 bits per heavy atom. The third-order valence-electron chi connectivity index (χ3n) is 4.54. The van der Waals surface area contributed by atoms with Crippen LogP contribution in [0.3, 0.4) is 0 Å². The van der Waals surface area contributed by atoms with Crippen LogP contribution >= 0.6 is 11.8 Å². The Hall–Kier alpha value is -3.53. The number of aromatic amines is 1. The van der Waals surface area contributed by atoms with Crippen LogP contribution < -0.4 is 10.6 Å². The van der Waals surface area contributed by atoms with Crippen molar-refractivity contribution in [2.45, 2.75) is 18.1 Å². The number of H-pyrrole nitrogens is 1. The minimum Gasteiger partial charge on any atom is -0.467 e. The van der Waals surface area contributed by atoms with Crippen LogP contribution in [0.25, 0.3) is 11.3 Å². The molecule has 0 spiro atoms. The van der Waals surface area contributed by atoms with E-state index >= 15 is 0 Å². The lowest BCUT2D eigenvalue weighted by molar-refractivity contribution is -0.139. The summed E-state index contributed by atoms with van der Waals surface area (Å²) in [7, 11) is 0. The third-order valence-corrected chi connectivity index (χ3v) is 5.45. The van der Waals surface area contributed by atoms with Crippen LogP contribution in [-0.2, 0) is 9.53 Å². The van der Waals surface area contributed by atoms with Gasteiger partial charge in [0.2, 0.25) is 0 Å². The second-order valence-electron chi connectivity index (χ2n) is 6.56. The lowest BCUT2D eigenvalue weighted by Gasteiger charge is -2.27. The Morgan fingerprint density at radius 1 is 1.29 bits per heavy atom. The van der Waals surface area contributed by atoms with Gasteiger partial charge in [0, 0.05) is 11.4 Å². The van der Waals surface area contributed by atoms with Crippen molar-refractivity contribution >= 4 is 23.8 Å². The normalized spacial score (nSPS) is 16.1. The lowest BCUT2D eigenvalue weighted by Crippen LogP contribution is -2.46. The number of nitrogens with zero attached hydrogens (tertiary/aromatic N) is 1. The lowest BCUT2D eigenvalue weighted by atomic mass is 10.0. The molecule has 1 aliphatic heterocycles. The number of amides is 2. The van der Waals surface area contributed by atoms with Crippen molar-refractivity contribution in [3.63, 3.8) is 0 Å². The summed E-state index contributed by atoms with van der Waals surface area (Å²) in [6.45, 7) is 1.91. The Balaban J connectivity index is 1.58. The van der Waals surface area contributed by atoms with Gasteiger partial charge in [-0.05, 0) is 48.9 Å². The van der Waals surface area contributed by atoms with E-state index in [4.69, 9.17) is 9.15 Å². The first-order valence-corrected chi connectivity index (χ1v) is 10.5. The topological polar surface area (TPSA) is 109 Å². The first-order chi connectivity index (χ1) is 15.0. The molecule has 1 atom stereocenters. The van der Waals surface area contributed by atoms with Crippen LogP contribution in [0.5, 0.6) is 0 Å². The van der Waals surface area contributed by atoms with Gasteiger partial charge in [-0.15, -0.1) is 0 Å². The zero-order valence-corrected chi connectivity index (χ0v) is 17.3. The fourth-order valence-electron chi connectivity index (χ4n) is 3.14. The van der Waals surface area contributed by atoms with Crippen molar-refractivity contribution in [1.29, 1.82) is 0 Å². The number of carbonyl (C=O) groups excluding carboxylic acids is 2. The summed E-state index contributed by atoms with van der Waals surface area (Å²) in [5.41, 5.74) is 2.20. The van der Waals surface area contributed by atoms with E-state index in [1.807, 2.05) is 0 Å². The zero-order valence-electron chi connectivity index (χ0n) is 16.5. The molecule has 2 amide bonds. The monoisotopic (exact) mass is 442 g/mol. The van der Waals surface area contributed by atoms with Crippen molar-refractivity contribution < 1.29 is 23.1 Å². The molecule has 8 nitrogen and oxygen atoms in total. The number of furan rings is 1. The highest BCUT2D eigenvalue weighted by Crippen LogP contribution is 2.31. The number of thioether (sulfide) groups is 1. The number of halogens is 1. The van der Waals surface area contributed by atoms with Gasteiger partial charge in [-0.25, -0.2) is 19.0 Å². The molecule has 0 radical (unpaired) electrons. The SMILES string of the molecule is CCOC(=O)C1=C(CSc2ncc(-c3ccc(F)cc3)[nH]2)NC(=O)NC1c1ccco1. The Morgan fingerprint density at radius 2 is 2.10 bits per heavy atom. The number of esters is 1. The number of imidazole rings is 1. The average molecular weight is 442 g/mol. The Bertz CT molecular complexity index is 1110. The third kappa shape index (κ3) is 4.64. The number of nitrogens with one attached hydrogen (secondary N) is 3. The quantitative estimate of drug-likeness (QED) is 0.380. The molecular formula is C21H19FN4O4S. The molecule has 3 heterocycles. The minimum atomic E-state index is -0.759. The van der Waals surface area contributed by atoms with Crippen LogP contribution in [0, 0.1) is 5.82 Å². The van der Waals surface area contributed by atoms with Gasteiger partial charge in [0.05, 0.1) is 30.3 Å². The summed E-state index contributed by atoms with van der Waals surface area (Å²) < 4.78 is 23.8. The molecule has 2 aromatic heterocycles. The summed E-state index contributed by atoms with van der Waals surface area (Å²) in [6, 6.07) is 8.21. The molecule has 3 aromatic rings. The molecule has 1 unspecified atom stereocenters. The molecule has 160 valence electrons. The molecule has 10 heteroatoms. The van der Waals surface area contributed by atoms with Crippen LogP contribution in [0.15, 0.2) is 69.7 Å². The standard InChI is InChI=1S/C21H19FN4O4S/c1-2-29-19(27)17-15(24-20(28)26-18(17)16-4-3-9-30-16)11-31-21-23-10-14(25-21)12-5-7-13(22)8-6-12/h3-10,18H,2,11H2,1H3,(H,23,25)(H2,24,26,28). The average Bonchev–Trinajstić information content (AvgIpc) is 3.45. The highest BCUT2D eigenvalue weighted by molar-refractivity contribution is 7.99. The summed E-state index contributed by atoms with van der Waals surface area (Å²) in [5, 5.41) is 5.98. The minimum absolute atomic E-state index is 0.195. The maximum Gasteiger partial charge on any atom is 0.338 e.